The lowest BCUT2D eigenvalue weighted by atomic mass is 10.0. The maximum atomic E-state index is 13.1. The van der Waals surface area contributed by atoms with Gasteiger partial charge in [0, 0.05) is 25.7 Å². The highest BCUT2D eigenvalue weighted by molar-refractivity contribution is 5.92. The molecule has 1 aromatic carbocycles. The molecule has 2 heterocycles. The van der Waals surface area contributed by atoms with Crippen LogP contribution in [0, 0.1) is 6.92 Å². The normalized spacial score (nSPS) is 15.6. The molecular formula is C19H19F3N4O2. The summed E-state index contributed by atoms with van der Waals surface area (Å²) in [6.07, 6.45) is -0.693. The minimum absolute atomic E-state index is 0.0512. The molecule has 1 aromatic heterocycles. The second-order valence-corrected chi connectivity index (χ2v) is 6.64. The van der Waals surface area contributed by atoms with E-state index in [1.807, 2.05) is 0 Å². The Hall–Kier alpha value is -2.97. The quantitative estimate of drug-likeness (QED) is 0.849. The van der Waals surface area contributed by atoms with Crippen LogP contribution in [0.5, 0.6) is 0 Å². The molecule has 148 valence electrons. The van der Waals surface area contributed by atoms with E-state index in [0.29, 0.717) is 25.1 Å². The number of aryl methyl sites for hydroxylation is 1. The van der Waals surface area contributed by atoms with Crippen molar-refractivity contribution in [3.05, 3.63) is 59.2 Å². The van der Waals surface area contributed by atoms with Gasteiger partial charge in [0.05, 0.1) is 23.5 Å². The average Bonchev–Trinajstić information content (AvgIpc) is 3.06. The molecule has 0 unspecified atom stereocenters. The van der Waals surface area contributed by atoms with Crippen molar-refractivity contribution in [1.29, 1.82) is 0 Å². The van der Waals surface area contributed by atoms with Gasteiger partial charge in [0.1, 0.15) is 5.69 Å². The standard InChI is InChI=1S/C19H19F3N4O2/c1-12-9-24-15(10-23-12)18(28)25-16(11-26-7-3-6-17(26)27)13-4-2-5-14(8-13)19(20,21)22/h2,4-5,8-10,16H,3,6-7,11H2,1H3,(H,25,28)/t16-/m1/s1. The van der Waals surface area contributed by atoms with Crippen LogP contribution in [0.3, 0.4) is 0 Å². The van der Waals surface area contributed by atoms with E-state index in [4.69, 9.17) is 0 Å². The Bertz CT molecular complexity index is 868. The van der Waals surface area contributed by atoms with Crippen molar-refractivity contribution in [2.75, 3.05) is 13.1 Å². The smallest absolute Gasteiger partial charge is 0.342 e. The van der Waals surface area contributed by atoms with Crippen LogP contribution in [0.1, 0.15) is 46.2 Å². The van der Waals surface area contributed by atoms with Gasteiger partial charge in [-0.05, 0) is 31.0 Å². The SMILES string of the molecule is Cc1cnc(C(=O)N[C@H](CN2CCCC2=O)c2cccc(C(F)(F)F)c2)cn1. The lowest BCUT2D eigenvalue weighted by molar-refractivity contribution is -0.137. The monoisotopic (exact) mass is 392 g/mol. The average molecular weight is 392 g/mol. The molecule has 9 heteroatoms. The van der Waals surface area contributed by atoms with Crippen LogP contribution in [0.2, 0.25) is 0 Å². The van der Waals surface area contributed by atoms with Crippen LogP contribution >= 0.6 is 0 Å². The molecule has 3 rings (SSSR count). The van der Waals surface area contributed by atoms with E-state index >= 15 is 0 Å². The number of hydrogen-bond donors (Lipinski definition) is 1. The summed E-state index contributed by atoms with van der Waals surface area (Å²) in [7, 11) is 0. The molecule has 1 N–H and O–H groups in total. The number of aromatic nitrogens is 2. The summed E-state index contributed by atoms with van der Waals surface area (Å²) in [6.45, 7) is 2.32. The van der Waals surface area contributed by atoms with Crippen molar-refractivity contribution >= 4 is 11.8 Å². The second-order valence-electron chi connectivity index (χ2n) is 6.64. The maximum absolute atomic E-state index is 13.1. The van der Waals surface area contributed by atoms with Crippen LogP contribution in [0.15, 0.2) is 36.7 Å². The zero-order chi connectivity index (χ0) is 20.3. The predicted octanol–water partition coefficient (Wildman–Crippen LogP) is 2.90. The Morgan fingerprint density at radius 3 is 2.68 bits per heavy atom. The topological polar surface area (TPSA) is 75.2 Å². The molecule has 0 radical (unpaired) electrons. The van der Waals surface area contributed by atoms with Crippen molar-refractivity contribution in [3.63, 3.8) is 0 Å². The van der Waals surface area contributed by atoms with Crippen molar-refractivity contribution in [2.24, 2.45) is 0 Å². The minimum atomic E-state index is -4.50. The van der Waals surface area contributed by atoms with E-state index in [1.165, 1.54) is 24.5 Å². The Kier molecular flexibility index (Phi) is 5.62. The Morgan fingerprint density at radius 1 is 1.29 bits per heavy atom. The molecule has 2 amide bonds. The molecule has 1 fully saturated rings. The molecule has 28 heavy (non-hydrogen) atoms. The van der Waals surface area contributed by atoms with Gasteiger partial charge in [-0.2, -0.15) is 13.2 Å². The summed E-state index contributed by atoms with van der Waals surface area (Å²) < 4.78 is 39.3. The molecule has 0 saturated carbocycles. The fourth-order valence-corrected chi connectivity index (χ4v) is 3.03. The predicted molar refractivity (Wildman–Crippen MR) is 94.2 cm³/mol. The van der Waals surface area contributed by atoms with Gasteiger partial charge in [0.15, 0.2) is 0 Å². The number of nitrogens with one attached hydrogen (secondary N) is 1. The first-order valence-electron chi connectivity index (χ1n) is 8.78. The number of alkyl halides is 3. The van der Waals surface area contributed by atoms with Crippen LogP contribution in [-0.2, 0) is 11.0 Å². The largest absolute Gasteiger partial charge is 0.416 e. The summed E-state index contributed by atoms with van der Waals surface area (Å²) in [6, 6.07) is 3.94. The summed E-state index contributed by atoms with van der Waals surface area (Å²) in [5.74, 6) is -0.650. The molecular weight excluding hydrogens is 373 g/mol. The highest BCUT2D eigenvalue weighted by atomic mass is 19.4. The number of amides is 2. The van der Waals surface area contributed by atoms with Gasteiger partial charge in [0.25, 0.3) is 5.91 Å². The maximum Gasteiger partial charge on any atom is 0.416 e. The third-order valence-electron chi connectivity index (χ3n) is 4.51. The van der Waals surface area contributed by atoms with E-state index < -0.39 is 23.7 Å². The first kappa shape index (κ1) is 19.8. The van der Waals surface area contributed by atoms with E-state index in [9.17, 15) is 22.8 Å². The summed E-state index contributed by atoms with van der Waals surface area (Å²) in [4.78, 5) is 34.1. The van der Waals surface area contributed by atoms with Gasteiger partial charge >= 0.3 is 6.18 Å². The van der Waals surface area contributed by atoms with E-state index in [2.05, 4.69) is 15.3 Å². The van der Waals surface area contributed by atoms with E-state index in [1.54, 1.807) is 11.8 Å². The molecule has 1 aliphatic heterocycles. The number of carbonyl (C=O) groups is 2. The van der Waals surface area contributed by atoms with Gasteiger partial charge in [-0.1, -0.05) is 12.1 Å². The zero-order valence-corrected chi connectivity index (χ0v) is 15.2. The van der Waals surface area contributed by atoms with Gasteiger partial charge in [-0.3, -0.25) is 14.6 Å². The van der Waals surface area contributed by atoms with Crippen LogP contribution in [0.4, 0.5) is 13.2 Å². The molecule has 1 atom stereocenters. The van der Waals surface area contributed by atoms with Crippen LogP contribution in [0.25, 0.3) is 0 Å². The van der Waals surface area contributed by atoms with Crippen LogP contribution in [-0.4, -0.2) is 39.8 Å². The molecule has 6 nitrogen and oxygen atoms in total. The molecule has 1 saturated heterocycles. The zero-order valence-electron chi connectivity index (χ0n) is 15.2. The molecule has 0 aliphatic carbocycles. The molecule has 0 bridgehead atoms. The van der Waals surface area contributed by atoms with Crippen molar-refractivity contribution < 1.29 is 22.8 Å². The summed E-state index contributed by atoms with van der Waals surface area (Å²) in [5, 5.41) is 2.69. The minimum Gasteiger partial charge on any atom is -0.342 e. The van der Waals surface area contributed by atoms with Crippen molar-refractivity contribution in [2.45, 2.75) is 32.0 Å². The first-order valence-corrected chi connectivity index (χ1v) is 8.78. The third-order valence-corrected chi connectivity index (χ3v) is 4.51. The van der Waals surface area contributed by atoms with Gasteiger partial charge in [0.2, 0.25) is 5.91 Å². The number of rotatable bonds is 5. The molecule has 2 aromatic rings. The van der Waals surface area contributed by atoms with Crippen molar-refractivity contribution in [1.82, 2.24) is 20.2 Å². The third kappa shape index (κ3) is 4.65. The lowest BCUT2D eigenvalue weighted by Gasteiger charge is -2.25. The highest BCUT2D eigenvalue weighted by Crippen LogP contribution is 2.31. The van der Waals surface area contributed by atoms with Gasteiger partial charge in [-0.15, -0.1) is 0 Å². The number of likely N-dealkylation sites (tertiary alicyclic amines) is 1. The summed E-state index contributed by atoms with van der Waals surface area (Å²) >= 11 is 0. The Labute approximate surface area is 159 Å². The first-order chi connectivity index (χ1) is 13.2. The van der Waals surface area contributed by atoms with Crippen LogP contribution < -0.4 is 5.32 Å². The number of benzene rings is 1. The van der Waals surface area contributed by atoms with Gasteiger partial charge < -0.3 is 10.2 Å². The fourth-order valence-electron chi connectivity index (χ4n) is 3.03. The molecule has 1 aliphatic rings. The number of halogens is 3. The summed E-state index contributed by atoms with van der Waals surface area (Å²) in [5.41, 5.74) is 0.138. The molecule has 0 spiro atoms. The second kappa shape index (κ2) is 7.95. The Balaban J connectivity index is 1.87. The number of nitrogens with zero attached hydrogens (tertiary/aromatic N) is 3. The lowest BCUT2D eigenvalue weighted by Crippen LogP contribution is -2.39. The Morgan fingerprint density at radius 2 is 2.07 bits per heavy atom. The van der Waals surface area contributed by atoms with Gasteiger partial charge in [-0.25, -0.2) is 4.98 Å². The fraction of sp³-hybridized carbons (Fsp3) is 0.368. The van der Waals surface area contributed by atoms with E-state index in [-0.39, 0.29) is 23.7 Å². The van der Waals surface area contributed by atoms with E-state index in [0.717, 1.165) is 12.1 Å². The highest BCUT2D eigenvalue weighted by Gasteiger charge is 2.32. The number of hydrogen-bond acceptors (Lipinski definition) is 4. The number of carbonyl (C=O) groups excluding carboxylic acids is 2. The van der Waals surface area contributed by atoms with Crippen molar-refractivity contribution in [3.8, 4) is 0 Å².